The molecule has 1 unspecified atom stereocenters. The number of aromatic amines is 1. The number of pyridine rings is 1. The molecule has 0 spiro atoms. The molecule has 2 aromatic rings. The maximum Gasteiger partial charge on any atom is 0.417 e. The van der Waals surface area contributed by atoms with Gasteiger partial charge in [-0.1, -0.05) is 0 Å². The van der Waals surface area contributed by atoms with Crippen LogP contribution in [0.1, 0.15) is 17.7 Å². The van der Waals surface area contributed by atoms with Crippen molar-refractivity contribution in [2.24, 2.45) is 0 Å². The molecule has 8 heteroatoms. The summed E-state index contributed by atoms with van der Waals surface area (Å²) in [6.07, 6.45) is 0.576. The lowest BCUT2D eigenvalue weighted by atomic mass is 10.3. The van der Waals surface area contributed by atoms with Gasteiger partial charge in [-0.25, -0.2) is 9.97 Å². The molecular formula is C14H15F3N4O. The minimum atomic E-state index is -4.38. The van der Waals surface area contributed by atoms with Gasteiger partial charge in [-0.15, -0.1) is 0 Å². The molecule has 0 saturated carbocycles. The molecular weight excluding hydrogens is 297 g/mol. The summed E-state index contributed by atoms with van der Waals surface area (Å²) in [6.45, 7) is 2.33. The van der Waals surface area contributed by atoms with E-state index in [2.05, 4.69) is 19.9 Å². The number of rotatable bonds is 4. The number of nitrogens with one attached hydrogen (secondary N) is 1. The molecule has 0 aliphatic carbocycles. The minimum absolute atomic E-state index is 0.0628. The third-order valence-corrected chi connectivity index (χ3v) is 3.53. The molecule has 1 aliphatic rings. The number of alkyl halides is 3. The molecule has 1 aliphatic heterocycles. The van der Waals surface area contributed by atoms with Crippen molar-refractivity contribution in [3.63, 3.8) is 0 Å². The predicted molar refractivity (Wildman–Crippen MR) is 72.1 cm³/mol. The van der Waals surface area contributed by atoms with E-state index in [0.717, 1.165) is 37.5 Å². The van der Waals surface area contributed by atoms with Gasteiger partial charge in [0.25, 0.3) is 0 Å². The van der Waals surface area contributed by atoms with E-state index in [1.165, 1.54) is 6.07 Å². The number of hydrogen-bond donors (Lipinski definition) is 1. The molecule has 118 valence electrons. The molecule has 5 nitrogen and oxygen atoms in total. The average Bonchev–Trinajstić information content (AvgIpc) is 3.11. The lowest BCUT2D eigenvalue weighted by Crippen LogP contribution is -2.25. The lowest BCUT2D eigenvalue weighted by molar-refractivity contribution is -0.137. The molecule has 1 atom stereocenters. The van der Waals surface area contributed by atoms with Crippen LogP contribution >= 0.6 is 0 Å². The summed E-state index contributed by atoms with van der Waals surface area (Å²) in [6, 6.07) is 2.25. The van der Waals surface area contributed by atoms with Gasteiger partial charge in [-0.05, 0) is 12.5 Å². The van der Waals surface area contributed by atoms with Crippen LogP contribution in [0.5, 0.6) is 5.88 Å². The first-order chi connectivity index (χ1) is 10.5. The first-order valence-electron chi connectivity index (χ1n) is 6.90. The molecule has 1 N–H and O–H groups in total. The molecule has 0 aromatic carbocycles. The molecule has 1 saturated heterocycles. The highest BCUT2D eigenvalue weighted by atomic mass is 19.4. The van der Waals surface area contributed by atoms with E-state index in [-0.39, 0.29) is 12.0 Å². The van der Waals surface area contributed by atoms with Crippen molar-refractivity contribution < 1.29 is 17.9 Å². The average molecular weight is 312 g/mol. The second kappa shape index (κ2) is 5.96. The SMILES string of the molecule is FC(F)(F)c1ccc(OC2CCN(Cc3cnc[nH]3)C2)nc1. The summed E-state index contributed by atoms with van der Waals surface area (Å²) in [5.74, 6) is 0.224. The van der Waals surface area contributed by atoms with E-state index in [1.807, 2.05) is 0 Å². The van der Waals surface area contributed by atoms with Crippen LogP contribution in [0.4, 0.5) is 13.2 Å². The Labute approximate surface area is 125 Å². The minimum Gasteiger partial charge on any atom is -0.473 e. The maximum absolute atomic E-state index is 12.5. The lowest BCUT2D eigenvalue weighted by Gasteiger charge is -2.16. The molecule has 3 heterocycles. The van der Waals surface area contributed by atoms with Gasteiger partial charge >= 0.3 is 6.18 Å². The Kier molecular flexibility index (Phi) is 4.02. The number of H-pyrrole nitrogens is 1. The van der Waals surface area contributed by atoms with Crippen LogP contribution in [0.2, 0.25) is 0 Å². The summed E-state index contributed by atoms with van der Waals surface area (Å²) in [4.78, 5) is 12.9. The monoisotopic (exact) mass is 312 g/mol. The Hall–Kier alpha value is -2.09. The number of hydrogen-bond acceptors (Lipinski definition) is 4. The highest BCUT2D eigenvalue weighted by molar-refractivity contribution is 5.20. The van der Waals surface area contributed by atoms with Crippen molar-refractivity contribution in [3.8, 4) is 5.88 Å². The maximum atomic E-state index is 12.5. The smallest absolute Gasteiger partial charge is 0.417 e. The van der Waals surface area contributed by atoms with Crippen LogP contribution in [0.3, 0.4) is 0 Å². The molecule has 0 radical (unpaired) electrons. The van der Waals surface area contributed by atoms with E-state index in [0.29, 0.717) is 6.54 Å². The highest BCUT2D eigenvalue weighted by Gasteiger charge is 2.31. The van der Waals surface area contributed by atoms with E-state index >= 15 is 0 Å². The van der Waals surface area contributed by atoms with Crippen molar-refractivity contribution in [2.45, 2.75) is 25.2 Å². The zero-order valence-corrected chi connectivity index (χ0v) is 11.7. The summed E-state index contributed by atoms with van der Waals surface area (Å²) in [5, 5.41) is 0. The fourth-order valence-corrected chi connectivity index (χ4v) is 2.44. The van der Waals surface area contributed by atoms with Crippen molar-refractivity contribution in [2.75, 3.05) is 13.1 Å². The van der Waals surface area contributed by atoms with Crippen molar-refractivity contribution in [1.82, 2.24) is 19.9 Å². The van der Waals surface area contributed by atoms with Gasteiger partial charge in [0.1, 0.15) is 6.10 Å². The second-order valence-electron chi connectivity index (χ2n) is 5.22. The standard InChI is InChI=1S/C14H15F3N4O/c15-14(16,17)10-1-2-13(19-5-10)22-12-3-4-21(8-12)7-11-6-18-9-20-11/h1-2,5-6,9,12H,3-4,7-8H2,(H,18,20). The number of likely N-dealkylation sites (tertiary alicyclic amines) is 1. The summed E-state index contributed by atoms with van der Waals surface area (Å²) >= 11 is 0. The van der Waals surface area contributed by atoms with Crippen LogP contribution < -0.4 is 4.74 Å². The number of nitrogens with zero attached hydrogens (tertiary/aromatic N) is 3. The number of aromatic nitrogens is 3. The third kappa shape index (κ3) is 3.56. The Morgan fingerprint density at radius 1 is 1.32 bits per heavy atom. The zero-order valence-electron chi connectivity index (χ0n) is 11.7. The van der Waals surface area contributed by atoms with Crippen molar-refractivity contribution in [3.05, 3.63) is 42.1 Å². The van der Waals surface area contributed by atoms with Crippen LogP contribution in [0, 0.1) is 0 Å². The van der Waals surface area contributed by atoms with Crippen LogP contribution in [0.15, 0.2) is 30.9 Å². The molecule has 0 amide bonds. The molecule has 22 heavy (non-hydrogen) atoms. The molecule has 3 rings (SSSR count). The summed E-state index contributed by atoms with van der Waals surface area (Å²) in [7, 11) is 0. The Morgan fingerprint density at radius 3 is 2.82 bits per heavy atom. The quantitative estimate of drug-likeness (QED) is 0.942. The van der Waals surface area contributed by atoms with Gasteiger partial charge in [-0.3, -0.25) is 4.90 Å². The highest BCUT2D eigenvalue weighted by Crippen LogP contribution is 2.29. The fourth-order valence-electron chi connectivity index (χ4n) is 2.44. The Balaban J connectivity index is 1.54. The molecule has 2 aromatic heterocycles. The first-order valence-corrected chi connectivity index (χ1v) is 6.90. The first kappa shape index (κ1) is 14.8. The predicted octanol–water partition coefficient (Wildman–Crippen LogP) is 2.48. The van der Waals surface area contributed by atoms with Crippen LogP contribution in [-0.4, -0.2) is 39.0 Å². The normalized spacial score (nSPS) is 19.5. The largest absolute Gasteiger partial charge is 0.473 e. The molecule has 0 bridgehead atoms. The topological polar surface area (TPSA) is 54.0 Å². The molecule has 1 fully saturated rings. The van der Waals surface area contributed by atoms with E-state index < -0.39 is 11.7 Å². The second-order valence-corrected chi connectivity index (χ2v) is 5.22. The van der Waals surface area contributed by atoms with Gasteiger partial charge in [0.2, 0.25) is 5.88 Å². The number of ether oxygens (including phenoxy) is 1. The van der Waals surface area contributed by atoms with E-state index in [9.17, 15) is 13.2 Å². The Morgan fingerprint density at radius 2 is 2.18 bits per heavy atom. The van der Waals surface area contributed by atoms with Gasteiger partial charge in [0, 0.05) is 43.8 Å². The van der Waals surface area contributed by atoms with Gasteiger partial charge < -0.3 is 9.72 Å². The fraction of sp³-hybridized carbons (Fsp3) is 0.429. The van der Waals surface area contributed by atoms with E-state index in [1.54, 1.807) is 12.5 Å². The number of imidazole rings is 1. The van der Waals surface area contributed by atoms with Crippen LogP contribution in [-0.2, 0) is 12.7 Å². The van der Waals surface area contributed by atoms with E-state index in [4.69, 9.17) is 4.74 Å². The number of halogens is 3. The van der Waals surface area contributed by atoms with Crippen LogP contribution in [0.25, 0.3) is 0 Å². The summed E-state index contributed by atoms with van der Waals surface area (Å²) < 4.78 is 43.0. The summed E-state index contributed by atoms with van der Waals surface area (Å²) in [5.41, 5.74) is 0.250. The van der Waals surface area contributed by atoms with Gasteiger partial charge in [0.05, 0.1) is 11.9 Å². The van der Waals surface area contributed by atoms with Crippen molar-refractivity contribution >= 4 is 0 Å². The zero-order chi connectivity index (χ0) is 15.6. The third-order valence-electron chi connectivity index (χ3n) is 3.53. The van der Waals surface area contributed by atoms with Gasteiger partial charge in [0.15, 0.2) is 0 Å². The van der Waals surface area contributed by atoms with Crippen molar-refractivity contribution in [1.29, 1.82) is 0 Å². The van der Waals surface area contributed by atoms with Gasteiger partial charge in [-0.2, -0.15) is 13.2 Å². The Bertz CT molecular complexity index is 598.